The summed E-state index contributed by atoms with van der Waals surface area (Å²) in [6.07, 6.45) is 2.93. The number of halogens is 1. The van der Waals surface area contributed by atoms with Gasteiger partial charge < -0.3 is 9.84 Å². The maximum absolute atomic E-state index is 13.1. The molecule has 1 aliphatic rings. The Hall–Kier alpha value is -1.58. The summed E-state index contributed by atoms with van der Waals surface area (Å²) in [5.74, 6) is -0.220. The van der Waals surface area contributed by atoms with E-state index in [-0.39, 0.29) is 17.4 Å². The Bertz CT molecular complexity index is 472. The first-order valence-corrected chi connectivity index (χ1v) is 6.67. The molecule has 3 unspecified atom stereocenters. The van der Waals surface area contributed by atoms with Crippen LogP contribution in [0.1, 0.15) is 43.5 Å². The third-order valence-electron chi connectivity index (χ3n) is 4.02. The van der Waals surface area contributed by atoms with Crippen molar-refractivity contribution in [1.29, 1.82) is 0 Å². The standard InChI is InChI=1S/C15H19FO3/c1-9-3-5-12(7-10(9)2)19-14-6-4-11(16)8-13(14)15(17)18/h4,6,8-10,12H,3,5,7H2,1-2H3,(H,17,18). The second-order valence-electron chi connectivity index (χ2n) is 5.45. The highest BCUT2D eigenvalue weighted by atomic mass is 19.1. The van der Waals surface area contributed by atoms with Crippen LogP contribution in [0.5, 0.6) is 5.75 Å². The highest BCUT2D eigenvalue weighted by Crippen LogP contribution is 2.32. The van der Waals surface area contributed by atoms with Gasteiger partial charge in [-0.2, -0.15) is 0 Å². The molecule has 104 valence electrons. The first kappa shape index (κ1) is 13.8. The van der Waals surface area contributed by atoms with Gasteiger partial charge in [0.2, 0.25) is 0 Å². The normalized spacial score (nSPS) is 27.0. The van der Waals surface area contributed by atoms with E-state index in [4.69, 9.17) is 9.84 Å². The molecule has 1 aromatic rings. The molecule has 0 heterocycles. The van der Waals surface area contributed by atoms with Crippen molar-refractivity contribution >= 4 is 5.97 Å². The molecular weight excluding hydrogens is 247 g/mol. The average Bonchev–Trinajstić information content (AvgIpc) is 2.36. The van der Waals surface area contributed by atoms with Crippen molar-refractivity contribution in [2.45, 2.75) is 39.2 Å². The minimum atomic E-state index is -1.16. The quantitative estimate of drug-likeness (QED) is 0.906. The third kappa shape index (κ3) is 3.25. The zero-order valence-electron chi connectivity index (χ0n) is 11.2. The highest BCUT2D eigenvalue weighted by molar-refractivity contribution is 5.90. The molecule has 1 N–H and O–H groups in total. The van der Waals surface area contributed by atoms with E-state index >= 15 is 0 Å². The summed E-state index contributed by atoms with van der Waals surface area (Å²) in [5, 5.41) is 9.07. The maximum Gasteiger partial charge on any atom is 0.339 e. The lowest BCUT2D eigenvalue weighted by atomic mass is 9.80. The van der Waals surface area contributed by atoms with E-state index in [9.17, 15) is 9.18 Å². The Kier molecular flexibility index (Phi) is 4.08. The van der Waals surface area contributed by atoms with Crippen LogP contribution in [0.2, 0.25) is 0 Å². The Labute approximate surface area is 112 Å². The first-order chi connectivity index (χ1) is 8.97. The maximum atomic E-state index is 13.1. The molecule has 1 fully saturated rings. The predicted octanol–water partition coefficient (Wildman–Crippen LogP) is 3.73. The van der Waals surface area contributed by atoms with E-state index in [0.29, 0.717) is 11.8 Å². The zero-order valence-corrected chi connectivity index (χ0v) is 11.2. The SMILES string of the molecule is CC1CCC(Oc2ccc(F)cc2C(=O)O)CC1C. The molecule has 1 aromatic carbocycles. The minimum Gasteiger partial charge on any atom is -0.490 e. The van der Waals surface area contributed by atoms with Gasteiger partial charge in [0, 0.05) is 0 Å². The van der Waals surface area contributed by atoms with Gasteiger partial charge >= 0.3 is 5.97 Å². The fourth-order valence-electron chi connectivity index (χ4n) is 2.56. The number of hydrogen-bond donors (Lipinski definition) is 1. The van der Waals surface area contributed by atoms with E-state index < -0.39 is 11.8 Å². The summed E-state index contributed by atoms with van der Waals surface area (Å²) < 4.78 is 18.9. The van der Waals surface area contributed by atoms with Crippen molar-refractivity contribution in [3.05, 3.63) is 29.6 Å². The molecule has 0 amide bonds. The lowest BCUT2D eigenvalue weighted by Crippen LogP contribution is -2.29. The van der Waals surface area contributed by atoms with E-state index in [2.05, 4.69) is 13.8 Å². The number of carboxylic acids is 1. The van der Waals surface area contributed by atoms with Crippen LogP contribution in [-0.4, -0.2) is 17.2 Å². The highest BCUT2D eigenvalue weighted by Gasteiger charge is 2.26. The third-order valence-corrected chi connectivity index (χ3v) is 4.02. The number of aromatic carboxylic acids is 1. The molecule has 1 aliphatic carbocycles. The number of hydrogen-bond acceptors (Lipinski definition) is 2. The van der Waals surface area contributed by atoms with Crippen LogP contribution < -0.4 is 4.74 Å². The van der Waals surface area contributed by atoms with E-state index in [1.54, 1.807) is 0 Å². The molecule has 0 spiro atoms. The van der Waals surface area contributed by atoms with Crippen molar-refractivity contribution in [3.8, 4) is 5.75 Å². The number of carboxylic acid groups (broad SMARTS) is 1. The monoisotopic (exact) mass is 266 g/mol. The average molecular weight is 266 g/mol. The number of carbonyl (C=O) groups is 1. The van der Waals surface area contributed by atoms with Crippen LogP contribution in [0, 0.1) is 17.7 Å². The summed E-state index contributed by atoms with van der Waals surface area (Å²) in [7, 11) is 0. The summed E-state index contributed by atoms with van der Waals surface area (Å²) in [6, 6.07) is 3.64. The largest absolute Gasteiger partial charge is 0.490 e. The van der Waals surface area contributed by atoms with E-state index in [1.807, 2.05) is 0 Å². The van der Waals surface area contributed by atoms with Gasteiger partial charge in [-0.3, -0.25) is 0 Å². The van der Waals surface area contributed by atoms with Crippen LogP contribution in [-0.2, 0) is 0 Å². The van der Waals surface area contributed by atoms with Crippen LogP contribution in [0.15, 0.2) is 18.2 Å². The smallest absolute Gasteiger partial charge is 0.339 e. The van der Waals surface area contributed by atoms with Gasteiger partial charge in [0.25, 0.3) is 0 Å². The van der Waals surface area contributed by atoms with Gasteiger partial charge in [-0.05, 0) is 49.3 Å². The van der Waals surface area contributed by atoms with Crippen LogP contribution in [0.25, 0.3) is 0 Å². The summed E-state index contributed by atoms with van der Waals surface area (Å²) in [4.78, 5) is 11.1. The van der Waals surface area contributed by atoms with Gasteiger partial charge in [-0.1, -0.05) is 13.8 Å². The Morgan fingerprint density at radius 3 is 2.68 bits per heavy atom. The Morgan fingerprint density at radius 1 is 1.32 bits per heavy atom. The van der Waals surface area contributed by atoms with E-state index in [1.165, 1.54) is 12.1 Å². The van der Waals surface area contributed by atoms with Gasteiger partial charge in [0.15, 0.2) is 0 Å². The number of benzene rings is 1. The summed E-state index contributed by atoms with van der Waals surface area (Å²) >= 11 is 0. The fraction of sp³-hybridized carbons (Fsp3) is 0.533. The van der Waals surface area contributed by atoms with Gasteiger partial charge in [0.1, 0.15) is 17.1 Å². The minimum absolute atomic E-state index is 0.0229. The first-order valence-electron chi connectivity index (χ1n) is 6.67. The fourth-order valence-corrected chi connectivity index (χ4v) is 2.56. The second kappa shape index (κ2) is 5.59. The van der Waals surface area contributed by atoms with Crippen LogP contribution >= 0.6 is 0 Å². The van der Waals surface area contributed by atoms with Gasteiger partial charge in [0.05, 0.1) is 6.10 Å². The molecule has 0 aliphatic heterocycles. The molecule has 1 saturated carbocycles. The van der Waals surface area contributed by atoms with Crippen molar-refractivity contribution in [1.82, 2.24) is 0 Å². The molecule has 0 radical (unpaired) electrons. The Morgan fingerprint density at radius 2 is 2.05 bits per heavy atom. The lowest BCUT2D eigenvalue weighted by Gasteiger charge is -2.32. The summed E-state index contributed by atoms with van der Waals surface area (Å²) in [6.45, 7) is 4.41. The topological polar surface area (TPSA) is 46.5 Å². The molecule has 3 atom stereocenters. The van der Waals surface area contributed by atoms with Crippen molar-refractivity contribution in [2.75, 3.05) is 0 Å². The molecular formula is C15H19FO3. The van der Waals surface area contributed by atoms with Crippen molar-refractivity contribution < 1.29 is 19.0 Å². The molecule has 4 heteroatoms. The van der Waals surface area contributed by atoms with Crippen molar-refractivity contribution in [3.63, 3.8) is 0 Å². The van der Waals surface area contributed by atoms with Gasteiger partial charge in [-0.15, -0.1) is 0 Å². The summed E-state index contributed by atoms with van der Waals surface area (Å²) in [5.41, 5.74) is -0.105. The molecule has 2 rings (SSSR count). The Balaban J connectivity index is 2.13. The van der Waals surface area contributed by atoms with Gasteiger partial charge in [-0.25, -0.2) is 9.18 Å². The second-order valence-corrected chi connectivity index (χ2v) is 5.45. The molecule has 0 saturated heterocycles. The predicted molar refractivity (Wildman–Crippen MR) is 70.0 cm³/mol. The molecule has 19 heavy (non-hydrogen) atoms. The lowest BCUT2D eigenvalue weighted by molar-refractivity contribution is 0.0674. The van der Waals surface area contributed by atoms with Crippen LogP contribution in [0.4, 0.5) is 4.39 Å². The molecule has 0 aromatic heterocycles. The molecule has 3 nitrogen and oxygen atoms in total. The number of ether oxygens (including phenoxy) is 1. The van der Waals surface area contributed by atoms with Crippen molar-refractivity contribution in [2.24, 2.45) is 11.8 Å². The van der Waals surface area contributed by atoms with Crippen LogP contribution in [0.3, 0.4) is 0 Å². The zero-order chi connectivity index (χ0) is 14.0. The number of rotatable bonds is 3. The molecule has 0 bridgehead atoms. The van der Waals surface area contributed by atoms with E-state index in [0.717, 1.165) is 25.3 Å².